The van der Waals surface area contributed by atoms with Gasteiger partial charge in [0.05, 0.1) is 11.8 Å². The average Bonchev–Trinajstić information content (AvgIpc) is 3.21. The molecule has 1 aliphatic rings. The molecule has 30 heavy (non-hydrogen) atoms. The van der Waals surface area contributed by atoms with Gasteiger partial charge in [0.1, 0.15) is 5.82 Å². The van der Waals surface area contributed by atoms with Gasteiger partial charge in [0.2, 0.25) is 0 Å². The van der Waals surface area contributed by atoms with Crippen LogP contribution in [0.5, 0.6) is 0 Å². The van der Waals surface area contributed by atoms with Crippen LogP contribution in [0.2, 0.25) is 0 Å². The molecule has 0 fully saturated rings. The summed E-state index contributed by atoms with van der Waals surface area (Å²) in [5, 5.41) is 10.2. The van der Waals surface area contributed by atoms with E-state index in [-0.39, 0.29) is 12.6 Å². The lowest BCUT2D eigenvalue weighted by Crippen LogP contribution is -2.23. The van der Waals surface area contributed by atoms with Crippen molar-refractivity contribution in [3.05, 3.63) is 53.7 Å². The molecule has 7 heteroatoms. The minimum absolute atomic E-state index is 0.111. The third kappa shape index (κ3) is 5.95. The number of hydrogen-bond acceptors (Lipinski definition) is 5. The number of carbonyl (C=O) groups is 2. The monoisotopic (exact) mass is 410 g/mol. The Bertz CT molecular complexity index is 901. The number of hydrogen-bond donors (Lipinski definition) is 2. The highest BCUT2D eigenvalue weighted by atomic mass is 16.5. The second kappa shape index (κ2) is 10.6. The van der Waals surface area contributed by atoms with Crippen LogP contribution in [0.4, 0.5) is 11.5 Å². The quantitative estimate of drug-likeness (QED) is 0.467. The van der Waals surface area contributed by atoms with Crippen molar-refractivity contribution in [2.45, 2.75) is 52.0 Å². The summed E-state index contributed by atoms with van der Waals surface area (Å²) < 4.78 is 6.94. The standard InChI is InChI=1S/C23H30N4O3/c1-17(2)27-21(13-15-25-27)26-22(28)16-30-23(29)19-10-6-7-11-20(19)24-14-12-18-8-4-3-5-9-18/h6-8,10-11,13,15,17,24H,3-5,9,12,14,16H2,1-2H3,(H,26,28). The number of para-hydroxylation sites is 1. The summed E-state index contributed by atoms with van der Waals surface area (Å²) >= 11 is 0. The predicted molar refractivity (Wildman–Crippen MR) is 118 cm³/mol. The fourth-order valence-electron chi connectivity index (χ4n) is 3.52. The lowest BCUT2D eigenvalue weighted by molar-refractivity contribution is -0.119. The molecular formula is C23H30N4O3. The minimum atomic E-state index is -0.525. The molecule has 7 nitrogen and oxygen atoms in total. The summed E-state index contributed by atoms with van der Waals surface area (Å²) in [4.78, 5) is 24.7. The SMILES string of the molecule is CC(C)n1nccc1NC(=O)COC(=O)c1ccccc1NCCC1=CCCCC1. The van der Waals surface area contributed by atoms with Crippen LogP contribution >= 0.6 is 0 Å². The molecule has 1 amide bonds. The van der Waals surface area contributed by atoms with Gasteiger partial charge in [-0.15, -0.1) is 0 Å². The van der Waals surface area contributed by atoms with Crippen LogP contribution < -0.4 is 10.6 Å². The van der Waals surface area contributed by atoms with Gasteiger partial charge in [-0.3, -0.25) is 4.79 Å². The van der Waals surface area contributed by atoms with E-state index in [9.17, 15) is 9.59 Å². The Morgan fingerprint density at radius 1 is 1.20 bits per heavy atom. The molecule has 0 unspecified atom stereocenters. The molecule has 0 spiro atoms. The zero-order valence-corrected chi connectivity index (χ0v) is 17.7. The zero-order chi connectivity index (χ0) is 21.3. The van der Waals surface area contributed by atoms with Crippen molar-refractivity contribution in [1.29, 1.82) is 0 Å². The van der Waals surface area contributed by atoms with E-state index in [4.69, 9.17) is 4.74 Å². The van der Waals surface area contributed by atoms with Crippen molar-refractivity contribution < 1.29 is 14.3 Å². The Labute approximate surface area is 177 Å². The number of esters is 1. The second-order valence-electron chi connectivity index (χ2n) is 7.71. The number of allylic oxidation sites excluding steroid dienone is 1. The summed E-state index contributed by atoms with van der Waals surface area (Å²) in [6.45, 7) is 4.34. The van der Waals surface area contributed by atoms with Crippen LogP contribution in [-0.2, 0) is 9.53 Å². The van der Waals surface area contributed by atoms with Crippen molar-refractivity contribution in [1.82, 2.24) is 9.78 Å². The Balaban J connectivity index is 1.51. The highest BCUT2D eigenvalue weighted by molar-refractivity contribution is 5.98. The number of anilines is 2. The first-order valence-corrected chi connectivity index (χ1v) is 10.6. The summed E-state index contributed by atoms with van der Waals surface area (Å²) in [5.41, 5.74) is 2.62. The first kappa shape index (κ1) is 21.6. The van der Waals surface area contributed by atoms with Gasteiger partial charge in [0.25, 0.3) is 5.91 Å². The summed E-state index contributed by atoms with van der Waals surface area (Å²) in [5.74, 6) is -0.354. The van der Waals surface area contributed by atoms with Crippen LogP contribution in [0, 0.1) is 0 Å². The number of benzene rings is 1. The highest BCUT2D eigenvalue weighted by Crippen LogP contribution is 2.21. The number of rotatable bonds is 9. The fraction of sp³-hybridized carbons (Fsp3) is 0.435. The first-order chi connectivity index (χ1) is 14.5. The molecule has 0 atom stereocenters. The smallest absolute Gasteiger partial charge is 0.340 e. The molecular weight excluding hydrogens is 380 g/mol. The molecule has 2 aromatic rings. The maximum absolute atomic E-state index is 12.5. The van der Waals surface area contributed by atoms with Gasteiger partial charge in [-0.25, -0.2) is 9.48 Å². The Kier molecular flexibility index (Phi) is 7.65. The molecule has 0 aliphatic heterocycles. The number of nitrogens with zero attached hydrogens (tertiary/aromatic N) is 2. The predicted octanol–water partition coefficient (Wildman–Crippen LogP) is 4.56. The number of ether oxygens (including phenoxy) is 1. The molecule has 0 bridgehead atoms. The van der Waals surface area contributed by atoms with Crippen molar-refractivity contribution in [2.75, 3.05) is 23.8 Å². The van der Waals surface area contributed by atoms with Gasteiger partial charge < -0.3 is 15.4 Å². The molecule has 0 radical (unpaired) electrons. The zero-order valence-electron chi connectivity index (χ0n) is 17.7. The van der Waals surface area contributed by atoms with Crippen LogP contribution in [0.15, 0.2) is 48.2 Å². The van der Waals surface area contributed by atoms with E-state index in [1.165, 1.54) is 18.4 Å². The normalized spacial score (nSPS) is 13.6. The largest absolute Gasteiger partial charge is 0.452 e. The Morgan fingerprint density at radius 2 is 2.03 bits per heavy atom. The van der Waals surface area contributed by atoms with Crippen molar-refractivity contribution >= 4 is 23.4 Å². The fourth-order valence-corrected chi connectivity index (χ4v) is 3.52. The van der Waals surface area contributed by atoms with E-state index >= 15 is 0 Å². The molecule has 1 heterocycles. The number of amides is 1. The highest BCUT2D eigenvalue weighted by Gasteiger charge is 2.16. The van der Waals surface area contributed by atoms with Crippen LogP contribution in [0.3, 0.4) is 0 Å². The van der Waals surface area contributed by atoms with E-state index in [1.807, 2.05) is 26.0 Å². The van der Waals surface area contributed by atoms with E-state index in [0.29, 0.717) is 11.4 Å². The van der Waals surface area contributed by atoms with Crippen LogP contribution in [0.25, 0.3) is 0 Å². The molecule has 1 aliphatic carbocycles. The molecule has 3 rings (SSSR count). The van der Waals surface area contributed by atoms with E-state index in [0.717, 1.165) is 31.5 Å². The third-order valence-electron chi connectivity index (χ3n) is 5.05. The second-order valence-corrected chi connectivity index (χ2v) is 7.71. The number of nitrogens with one attached hydrogen (secondary N) is 2. The van der Waals surface area contributed by atoms with Gasteiger partial charge in [0, 0.05) is 24.3 Å². The van der Waals surface area contributed by atoms with Crippen molar-refractivity contribution in [3.8, 4) is 0 Å². The molecule has 0 saturated heterocycles. The topological polar surface area (TPSA) is 85.2 Å². The molecule has 160 valence electrons. The lowest BCUT2D eigenvalue weighted by Gasteiger charge is -2.15. The van der Waals surface area contributed by atoms with E-state index in [1.54, 1.807) is 29.1 Å². The van der Waals surface area contributed by atoms with E-state index < -0.39 is 11.9 Å². The average molecular weight is 411 g/mol. The van der Waals surface area contributed by atoms with Crippen molar-refractivity contribution in [3.63, 3.8) is 0 Å². The first-order valence-electron chi connectivity index (χ1n) is 10.6. The van der Waals surface area contributed by atoms with Gasteiger partial charge in [-0.05, 0) is 58.1 Å². The van der Waals surface area contributed by atoms with Crippen LogP contribution in [0.1, 0.15) is 62.4 Å². The Hall–Kier alpha value is -3.09. The van der Waals surface area contributed by atoms with Gasteiger partial charge in [-0.1, -0.05) is 23.8 Å². The number of aromatic nitrogens is 2. The maximum Gasteiger partial charge on any atom is 0.340 e. The van der Waals surface area contributed by atoms with Gasteiger partial charge in [-0.2, -0.15) is 5.10 Å². The van der Waals surface area contributed by atoms with Crippen LogP contribution in [-0.4, -0.2) is 34.8 Å². The summed E-state index contributed by atoms with van der Waals surface area (Å²) in [6.07, 6.45) is 9.78. The van der Waals surface area contributed by atoms with Gasteiger partial charge in [0.15, 0.2) is 6.61 Å². The minimum Gasteiger partial charge on any atom is -0.452 e. The lowest BCUT2D eigenvalue weighted by atomic mass is 9.97. The third-order valence-corrected chi connectivity index (χ3v) is 5.05. The molecule has 1 aromatic heterocycles. The Morgan fingerprint density at radius 3 is 2.80 bits per heavy atom. The summed E-state index contributed by atoms with van der Waals surface area (Å²) in [6, 6.07) is 9.04. The molecule has 0 saturated carbocycles. The number of carbonyl (C=O) groups excluding carboxylic acids is 2. The molecule has 2 N–H and O–H groups in total. The summed E-state index contributed by atoms with van der Waals surface area (Å²) in [7, 11) is 0. The van der Waals surface area contributed by atoms with Crippen molar-refractivity contribution in [2.24, 2.45) is 0 Å². The van der Waals surface area contributed by atoms with Gasteiger partial charge >= 0.3 is 5.97 Å². The maximum atomic E-state index is 12.5. The van der Waals surface area contributed by atoms with E-state index in [2.05, 4.69) is 21.8 Å². The molecule has 1 aromatic carbocycles.